The molecule has 192 valence electrons. The predicted molar refractivity (Wildman–Crippen MR) is 111 cm³/mol. The average molecular weight is 515 g/mol. The van der Waals surface area contributed by atoms with Crippen molar-refractivity contribution >= 4 is 11.8 Å². The van der Waals surface area contributed by atoms with Gasteiger partial charge in [0, 0.05) is 17.7 Å². The van der Waals surface area contributed by atoms with Crippen molar-refractivity contribution in [1.82, 2.24) is 9.88 Å². The van der Waals surface area contributed by atoms with Gasteiger partial charge in [-0.15, -0.1) is 0 Å². The Morgan fingerprint density at radius 1 is 1.06 bits per heavy atom. The summed E-state index contributed by atoms with van der Waals surface area (Å²) in [5.41, 5.74) is 1.58. The third kappa shape index (κ3) is 3.90. The Balaban J connectivity index is 1.59. The van der Waals surface area contributed by atoms with Crippen molar-refractivity contribution in [2.75, 3.05) is 0 Å². The zero-order valence-electron chi connectivity index (χ0n) is 18.5. The van der Waals surface area contributed by atoms with Crippen molar-refractivity contribution in [3.05, 3.63) is 64.7 Å². The van der Waals surface area contributed by atoms with Crippen LogP contribution < -0.4 is 5.73 Å². The molecule has 12 heteroatoms. The molecular formula is C24H20F7N3O2. The van der Waals surface area contributed by atoms with Crippen LogP contribution in [0.4, 0.5) is 30.7 Å². The van der Waals surface area contributed by atoms with Crippen LogP contribution in [-0.4, -0.2) is 33.3 Å². The summed E-state index contributed by atoms with van der Waals surface area (Å²) in [6, 6.07) is 2.76. The monoisotopic (exact) mass is 515 g/mol. The van der Waals surface area contributed by atoms with Gasteiger partial charge in [-0.2, -0.15) is 26.3 Å². The summed E-state index contributed by atoms with van der Waals surface area (Å²) in [6.07, 6.45) is -6.99. The van der Waals surface area contributed by atoms with Crippen LogP contribution in [0.2, 0.25) is 0 Å². The summed E-state index contributed by atoms with van der Waals surface area (Å²) in [6.45, 7) is 0. The number of hydrogen-bond donors (Lipinski definition) is 1. The summed E-state index contributed by atoms with van der Waals surface area (Å²) in [5, 5.41) is 0. The number of aromatic nitrogens is 1. The van der Waals surface area contributed by atoms with E-state index < -0.39 is 58.7 Å². The van der Waals surface area contributed by atoms with E-state index in [4.69, 9.17) is 5.73 Å². The maximum atomic E-state index is 15.1. The first-order chi connectivity index (χ1) is 16.7. The first kappa shape index (κ1) is 24.5. The fourth-order valence-electron chi connectivity index (χ4n) is 5.86. The largest absolute Gasteiger partial charge is 0.433 e. The second kappa shape index (κ2) is 7.91. The number of nitrogens with zero attached hydrogens (tertiary/aromatic N) is 2. The molecule has 1 saturated heterocycles. The number of carbonyl (C=O) groups is 2. The minimum absolute atomic E-state index is 0.0124. The van der Waals surface area contributed by atoms with E-state index in [1.165, 1.54) is 0 Å². The third-order valence-corrected chi connectivity index (χ3v) is 7.53. The van der Waals surface area contributed by atoms with Gasteiger partial charge in [-0.1, -0.05) is 6.07 Å². The molecule has 0 bridgehead atoms. The lowest BCUT2D eigenvalue weighted by Crippen LogP contribution is -2.53. The van der Waals surface area contributed by atoms with Gasteiger partial charge >= 0.3 is 12.4 Å². The molecule has 0 radical (unpaired) electrons. The Labute approximate surface area is 200 Å². The molecule has 2 heterocycles. The summed E-state index contributed by atoms with van der Waals surface area (Å²) in [4.78, 5) is 30.3. The van der Waals surface area contributed by atoms with Crippen LogP contribution in [-0.2, 0) is 17.1 Å². The Bertz CT molecular complexity index is 1240. The molecule has 2 N–H and O–H groups in total. The number of benzene rings is 1. The van der Waals surface area contributed by atoms with Gasteiger partial charge in [0.15, 0.2) is 0 Å². The van der Waals surface area contributed by atoms with E-state index in [1.807, 2.05) is 0 Å². The van der Waals surface area contributed by atoms with E-state index in [0.29, 0.717) is 31.4 Å². The number of halogens is 7. The molecular weight excluding hydrogens is 495 g/mol. The SMILES string of the molecule is NC(=O)C1CC2CC2([C@@H](c2ccc(C(F)(F)F)cc2F)C2CC2)N1C(=O)c1ccnc(C(F)(F)F)c1. The van der Waals surface area contributed by atoms with Gasteiger partial charge in [0.25, 0.3) is 5.91 Å². The Morgan fingerprint density at radius 3 is 2.31 bits per heavy atom. The molecule has 5 nitrogen and oxygen atoms in total. The maximum absolute atomic E-state index is 15.1. The van der Waals surface area contributed by atoms with Crippen LogP contribution in [0.15, 0.2) is 36.5 Å². The van der Waals surface area contributed by atoms with Crippen molar-refractivity contribution in [3.8, 4) is 0 Å². The molecule has 2 aromatic rings. The number of primary amides is 1. The molecule has 2 aliphatic carbocycles. The molecule has 3 aliphatic rings. The minimum atomic E-state index is -4.82. The molecule has 4 atom stereocenters. The Kier molecular flexibility index (Phi) is 5.38. The highest BCUT2D eigenvalue weighted by Gasteiger charge is 2.73. The quantitative estimate of drug-likeness (QED) is 0.575. The zero-order valence-corrected chi connectivity index (χ0v) is 18.5. The van der Waals surface area contributed by atoms with Crippen LogP contribution in [0, 0.1) is 17.7 Å². The number of piperidine rings is 1. The molecule has 36 heavy (non-hydrogen) atoms. The minimum Gasteiger partial charge on any atom is -0.368 e. The van der Waals surface area contributed by atoms with E-state index >= 15 is 4.39 Å². The molecule has 3 unspecified atom stereocenters. The first-order valence-corrected chi connectivity index (χ1v) is 11.3. The van der Waals surface area contributed by atoms with Crippen molar-refractivity contribution in [2.24, 2.45) is 17.6 Å². The topological polar surface area (TPSA) is 76.3 Å². The number of likely N-dealkylation sites (tertiary alicyclic amines) is 1. The fraction of sp³-hybridized carbons (Fsp3) is 0.458. The average Bonchev–Trinajstić information content (AvgIpc) is 3.71. The smallest absolute Gasteiger partial charge is 0.368 e. The summed E-state index contributed by atoms with van der Waals surface area (Å²) in [7, 11) is 0. The van der Waals surface area contributed by atoms with Gasteiger partial charge in [-0.05, 0) is 67.3 Å². The highest BCUT2D eigenvalue weighted by atomic mass is 19.4. The van der Waals surface area contributed by atoms with Gasteiger partial charge in [0.2, 0.25) is 5.91 Å². The maximum Gasteiger partial charge on any atom is 0.433 e. The van der Waals surface area contributed by atoms with Crippen molar-refractivity contribution in [1.29, 1.82) is 0 Å². The number of rotatable bonds is 5. The number of nitrogens with two attached hydrogens (primary N) is 1. The molecule has 1 aromatic heterocycles. The van der Waals surface area contributed by atoms with Crippen molar-refractivity contribution in [3.63, 3.8) is 0 Å². The Hall–Kier alpha value is -3.18. The van der Waals surface area contributed by atoms with Gasteiger partial charge in [0.05, 0.1) is 11.1 Å². The van der Waals surface area contributed by atoms with Crippen LogP contribution >= 0.6 is 0 Å². The second-order valence-electron chi connectivity index (χ2n) is 9.70. The number of pyridine rings is 1. The fourth-order valence-corrected chi connectivity index (χ4v) is 5.86. The number of carbonyl (C=O) groups excluding carboxylic acids is 2. The molecule has 1 aromatic carbocycles. The molecule has 0 spiro atoms. The molecule has 2 saturated carbocycles. The van der Waals surface area contributed by atoms with Crippen LogP contribution in [0.5, 0.6) is 0 Å². The van der Waals surface area contributed by atoms with Gasteiger partial charge in [-0.3, -0.25) is 14.6 Å². The summed E-state index contributed by atoms with van der Waals surface area (Å²) >= 11 is 0. The first-order valence-electron chi connectivity index (χ1n) is 11.3. The lowest BCUT2D eigenvalue weighted by Gasteiger charge is -2.39. The van der Waals surface area contributed by atoms with E-state index in [-0.39, 0.29) is 29.4 Å². The zero-order chi connectivity index (χ0) is 26.2. The standard InChI is InChI=1S/C24H20F7N3O2/c25-16-8-13(23(26,27)28)3-4-15(16)19(11-1-2-11)22-10-14(22)9-17(20(32)35)34(22)21(36)12-5-6-33-18(7-12)24(29,30)31/h3-8,11,14,17,19H,1-2,9-10H2,(H2,32,35)/t14?,17?,19-,22?/m1/s1. The highest BCUT2D eigenvalue weighted by Crippen LogP contribution is 2.69. The molecule has 5 rings (SSSR count). The van der Waals surface area contributed by atoms with Gasteiger partial charge in [0.1, 0.15) is 17.6 Å². The van der Waals surface area contributed by atoms with E-state index in [2.05, 4.69) is 4.98 Å². The predicted octanol–water partition coefficient (Wildman–Crippen LogP) is 4.91. The highest BCUT2D eigenvalue weighted by molar-refractivity contribution is 5.99. The molecule has 3 fully saturated rings. The number of alkyl halides is 6. The molecule has 1 aliphatic heterocycles. The lowest BCUT2D eigenvalue weighted by molar-refractivity contribution is -0.141. The normalized spacial score (nSPS) is 26.5. The van der Waals surface area contributed by atoms with E-state index in [0.717, 1.165) is 29.3 Å². The van der Waals surface area contributed by atoms with Crippen molar-refractivity contribution in [2.45, 2.75) is 55.5 Å². The lowest BCUT2D eigenvalue weighted by atomic mass is 9.82. The van der Waals surface area contributed by atoms with Gasteiger partial charge < -0.3 is 10.6 Å². The van der Waals surface area contributed by atoms with Crippen LogP contribution in [0.3, 0.4) is 0 Å². The van der Waals surface area contributed by atoms with Crippen molar-refractivity contribution < 1.29 is 40.3 Å². The number of fused-ring (bicyclic) bond motifs is 1. The van der Waals surface area contributed by atoms with E-state index in [1.54, 1.807) is 0 Å². The number of hydrogen-bond acceptors (Lipinski definition) is 3. The molecule has 2 amide bonds. The van der Waals surface area contributed by atoms with Gasteiger partial charge in [-0.25, -0.2) is 4.39 Å². The summed E-state index contributed by atoms with van der Waals surface area (Å²) < 4.78 is 94.1. The van der Waals surface area contributed by atoms with Crippen LogP contribution in [0.25, 0.3) is 0 Å². The summed E-state index contributed by atoms with van der Waals surface area (Å²) in [5.74, 6) is -4.02. The third-order valence-electron chi connectivity index (χ3n) is 7.53. The number of amides is 2. The Morgan fingerprint density at radius 2 is 1.75 bits per heavy atom. The van der Waals surface area contributed by atoms with Crippen LogP contribution in [0.1, 0.15) is 58.8 Å². The van der Waals surface area contributed by atoms with E-state index in [9.17, 15) is 35.9 Å². The second-order valence-corrected chi connectivity index (χ2v) is 9.70.